The van der Waals surface area contributed by atoms with E-state index in [1.807, 2.05) is 6.92 Å². The summed E-state index contributed by atoms with van der Waals surface area (Å²) in [4.78, 5) is 13.6. The summed E-state index contributed by atoms with van der Waals surface area (Å²) in [6, 6.07) is 14.0. The fourth-order valence-corrected chi connectivity index (χ4v) is 8.37. The van der Waals surface area contributed by atoms with Crippen molar-refractivity contribution in [2.24, 2.45) is 5.92 Å². The molecule has 1 saturated carbocycles. The topological polar surface area (TPSA) is 91.4 Å². The first-order valence-electron chi connectivity index (χ1n) is 14.7. The van der Waals surface area contributed by atoms with E-state index in [0.29, 0.717) is 5.56 Å². The second kappa shape index (κ2) is 12.4. The quantitative estimate of drug-likeness (QED) is 0.218. The smallest absolute Gasteiger partial charge is 0.338 e. The van der Waals surface area contributed by atoms with Crippen molar-refractivity contribution in [3.05, 3.63) is 65.7 Å². The van der Waals surface area contributed by atoms with Crippen molar-refractivity contribution in [2.45, 2.75) is 101 Å². The molecular formula is C34H43NO7SSi. The number of rotatable bonds is 8. The second-order valence-corrected chi connectivity index (χ2v) is 20.0. The number of hydrogen-bond donors (Lipinski definition) is 0. The van der Waals surface area contributed by atoms with E-state index < -0.39 is 66.5 Å². The number of carbonyl (C=O) groups is 1. The average Bonchev–Trinajstić information content (AvgIpc) is 3.27. The van der Waals surface area contributed by atoms with Gasteiger partial charge in [-0.2, -0.15) is 4.31 Å². The number of esters is 1. The lowest BCUT2D eigenvalue weighted by Gasteiger charge is -2.50. The van der Waals surface area contributed by atoms with E-state index in [0.717, 1.165) is 5.56 Å². The molecule has 1 heterocycles. The highest BCUT2D eigenvalue weighted by Crippen LogP contribution is 2.47. The highest BCUT2D eigenvalue weighted by molar-refractivity contribution is 7.89. The molecule has 0 spiro atoms. The predicted molar refractivity (Wildman–Crippen MR) is 172 cm³/mol. The molecule has 0 aromatic heterocycles. The number of aryl methyl sites for hydroxylation is 1. The van der Waals surface area contributed by atoms with Crippen LogP contribution in [0.15, 0.2) is 59.5 Å². The zero-order valence-corrected chi connectivity index (χ0v) is 28.6. The summed E-state index contributed by atoms with van der Waals surface area (Å²) in [6.07, 6.45) is 8.39. The van der Waals surface area contributed by atoms with Crippen molar-refractivity contribution < 1.29 is 31.8 Å². The molecule has 0 unspecified atom stereocenters. The van der Waals surface area contributed by atoms with E-state index in [2.05, 4.69) is 45.7 Å². The van der Waals surface area contributed by atoms with Gasteiger partial charge in [-0.25, -0.2) is 13.2 Å². The van der Waals surface area contributed by atoms with Crippen molar-refractivity contribution >= 4 is 24.3 Å². The monoisotopic (exact) mass is 637 g/mol. The number of fused-ring (bicyclic) bond motifs is 1. The molecule has 1 saturated heterocycles. The summed E-state index contributed by atoms with van der Waals surface area (Å²) in [5.41, 5.74) is 1.23. The van der Waals surface area contributed by atoms with Gasteiger partial charge >= 0.3 is 5.97 Å². The third-order valence-electron chi connectivity index (χ3n) is 8.76. The van der Waals surface area contributed by atoms with Gasteiger partial charge in [0.05, 0.1) is 29.0 Å². The maximum atomic E-state index is 14.3. The SMILES string of the molecule is C#CCN([C@@H]1[C@@H](C#C)[C@@H](OC(=O)c2ccccc2)[C@H](O[Si](C)(C)C(C)(C)C)[C@H]2OC(C)(C)O[C@H]21)S(=O)(=O)c1ccc(C)cc1. The summed E-state index contributed by atoms with van der Waals surface area (Å²) in [5, 5.41) is -0.210. The van der Waals surface area contributed by atoms with Crippen LogP contribution in [0, 0.1) is 37.5 Å². The summed E-state index contributed by atoms with van der Waals surface area (Å²) < 4.78 is 55.8. The van der Waals surface area contributed by atoms with E-state index in [1.165, 1.54) is 16.4 Å². The van der Waals surface area contributed by atoms with Crippen LogP contribution >= 0.6 is 0 Å². The molecule has 236 valence electrons. The molecule has 0 radical (unpaired) electrons. The fourth-order valence-electron chi connectivity index (χ4n) is 5.51. The third kappa shape index (κ3) is 6.67. The first-order valence-corrected chi connectivity index (χ1v) is 19.1. The molecule has 2 aliphatic rings. The van der Waals surface area contributed by atoms with Gasteiger partial charge in [-0.1, -0.05) is 68.5 Å². The van der Waals surface area contributed by atoms with Crippen molar-refractivity contribution in [3.63, 3.8) is 0 Å². The molecular weight excluding hydrogens is 595 g/mol. The molecule has 1 aliphatic heterocycles. The lowest BCUT2D eigenvalue weighted by Crippen LogP contribution is -2.68. The van der Waals surface area contributed by atoms with Crippen LogP contribution in [-0.4, -0.2) is 69.8 Å². The van der Waals surface area contributed by atoms with Crippen molar-refractivity contribution in [1.29, 1.82) is 0 Å². The van der Waals surface area contributed by atoms with Crippen LogP contribution in [0.3, 0.4) is 0 Å². The Balaban J connectivity index is 1.90. The Labute approximate surface area is 263 Å². The first kappa shape index (κ1) is 33.9. The number of sulfonamides is 1. The number of terminal acetylenes is 2. The van der Waals surface area contributed by atoms with E-state index in [9.17, 15) is 13.2 Å². The van der Waals surface area contributed by atoms with Crippen LogP contribution in [-0.2, 0) is 28.7 Å². The van der Waals surface area contributed by atoms with Gasteiger partial charge in [0, 0.05) is 0 Å². The van der Waals surface area contributed by atoms with Gasteiger partial charge < -0.3 is 18.6 Å². The number of hydrogen-bond acceptors (Lipinski definition) is 7. The Morgan fingerprint density at radius 1 is 1.00 bits per heavy atom. The molecule has 2 fully saturated rings. The molecule has 6 atom stereocenters. The van der Waals surface area contributed by atoms with Crippen molar-refractivity contribution in [2.75, 3.05) is 6.54 Å². The summed E-state index contributed by atoms with van der Waals surface area (Å²) >= 11 is 0. The Bertz CT molecular complexity index is 1540. The highest BCUT2D eigenvalue weighted by Gasteiger charge is 2.63. The molecule has 0 amide bonds. The minimum atomic E-state index is -4.19. The maximum Gasteiger partial charge on any atom is 0.338 e. The van der Waals surface area contributed by atoms with Crippen LogP contribution in [0.1, 0.15) is 50.5 Å². The normalized spacial score (nSPS) is 26.8. The summed E-state index contributed by atoms with van der Waals surface area (Å²) in [7, 11) is -6.72. The Morgan fingerprint density at radius 3 is 2.14 bits per heavy atom. The molecule has 2 aromatic rings. The molecule has 0 N–H and O–H groups in total. The molecule has 1 aliphatic carbocycles. The van der Waals surface area contributed by atoms with Gasteiger partial charge in [0.15, 0.2) is 14.1 Å². The van der Waals surface area contributed by atoms with E-state index in [1.54, 1.807) is 56.3 Å². The molecule has 4 rings (SSSR count). The Kier molecular flexibility index (Phi) is 9.59. The lowest BCUT2D eigenvalue weighted by atomic mass is 9.77. The number of carbonyl (C=O) groups excluding carboxylic acids is 1. The van der Waals surface area contributed by atoms with E-state index in [-0.39, 0.29) is 16.5 Å². The second-order valence-electron chi connectivity index (χ2n) is 13.4. The zero-order valence-electron chi connectivity index (χ0n) is 26.7. The first-order chi connectivity index (χ1) is 20.4. The Morgan fingerprint density at radius 2 is 1.59 bits per heavy atom. The standard InChI is InChI=1S/C34H43NO7SSi/c1-11-22-35(43(37,38)25-20-18-23(3)19-21-25)27-26(12-2)28(39-32(36)24-16-14-13-15-17-24)31(42-44(9,10)33(4,5)6)30-29(27)40-34(7,8)41-30/h1-2,13-21,26-31H,22H2,3-10H3/t26-,27-,28-,29+,30+,31+/m1/s1. The summed E-state index contributed by atoms with van der Waals surface area (Å²) in [5.74, 6) is 2.55. The minimum Gasteiger partial charge on any atom is -0.455 e. The van der Waals surface area contributed by atoms with Crippen LogP contribution in [0.25, 0.3) is 0 Å². The van der Waals surface area contributed by atoms with E-state index >= 15 is 0 Å². The Hall–Kier alpha value is -2.96. The molecule has 8 nitrogen and oxygen atoms in total. The zero-order chi connectivity index (χ0) is 32.7. The predicted octanol–water partition coefficient (Wildman–Crippen LogP) is 5.39. The van der Waals surface area contributed by atoms with Crippen LogP contribution in [0.5, 0.6) is 0 Å². The summed E-state index contributed by atoms with van der Waals surface area (Å²) in [6.45, 7) is 15.6. The van der Waals surface area contributed by atoms with Gasteiger partial charge in [0.25, 0.3) is 0 Å². The molecule has 0 bridgehead atoms. The maximum absolute atomic E-state index is 14.3. The fraction of sp³-hybridized carbons (Fsp3) is 0.500. The third-order valence-corrected chi connectivity index (χ3v) is 15.1. The molecule has 10 heteroatoms. The molecule has 44 heavy (non-hydrogen) atoms. The minimum absolute atomic E-state index is 0.0568. The number of nitrogens with zero attached hydrogens (tertiary/aromatic N) is 1. The van der Waals surface area contributed by atoms with Gasteiger partial charge in [0.2, 0.25) is 10.0 Å². The van der Waals surface area contributed by atoms with E-state index in [4.69, 9.17) is 31.5 Å². The molecule has 2 aromatic carbocycles. The lowest BCUT2D eigenvalue weighted by molar-refractivity contribution is -0.158. The van der Waals surface area contributed by atoms with Crippen LogP contribution in [0.2, 0.25) is 18.1 Å². The van der Waals surface area contributed by atoms with Crippen molar-refractivity contribution in [3.8, 4) is 24.7 Å². The number of benzene rings is 2. The average molecular weight is 638 g/mol. The number of ether oxygens (including phenoxy) is 3. The largest absolute Gasteiger partial charge is 0.455 e. The van der Waals surface area contributed by atoms with Crippen LogP contribution in [0.4, 0.5) is 0 Å². The van der Waals surface area contributed by atoms with Gasteiger partial charge in [-0.15, -0.1) is 12.8 Å². The van der Waals surface area contributed by atoms with Gasteiger partial charge in [-0.05, 0) is 63.2 Å². The van der Waals surface area contributed by atoms with Crippen molar-refractivity contribution in [1.82, 2.24) is 4.31 Å². The van der Waals surface area contributed by atoms with Gasteiger partial charge in [-0.3, -0.25) is 0 Å². The van der Waals surface area contributed by atoms with Gasteiger partial charge in [0.1, 0.15) is 24.4 Å². The van der Waals surface area contributed by atoms with Crippen LogP contribution < -0.4 is 0 Å². The highest BCUT2D eigenvalue weighted by atomic mass is 32.2.